The molecular formula is C11H11N3O4S. The number of carbonyl (C=O) groups is 2. The van der Waals surface area contributed by atoms with E-state index in [4.69, 9.17) is 0 Å². The third kappa shape index (κ3) is 2.63. The second-order valence-corrected chi connectivity index (χ2v) is 4.61. The van der Waals surface area contributed by atoms with Crippen molar-refractivity contribution < 1.29 is 14.3 Å². The van der Waals surface area contributed by atoms with Crippen LogP contribution >= 0.6 is 11.3 Å². The average Bonchev–Trinajstić information content (AvgIpc) is 2.82. The maximum atomic E-state index is 12.1. The van der Waals surface area contributed by atoms with Gasteiger partial charge in [0.2, 0.25) is 5.91 Å². The summed E-state index contributed by atoms with van der Waals surface area (Å²) < 4.78 is 5.72. The van der Waals surface area contributed by atoms with Crippen LogP contribution in [0.2, 0.25) is 0 Å². The number of hydrogen-bond acceptors (Lipinski definition) is 6. The van der Waals surface area contributed by atoms with Crippen molar-refractivity contribution in [2.75, 3.05) is 12.4 Å². The number of hydrogen-bond donors (Lipinski definition) is 1. The van der Waals surface area contributed by atoms with Crippen LogP contribution in [0.15, 0.2) is 16.4 Å². The molecule has 0 saturated carbocycles. The number of methoxy groups -OCH3 is 1. The molecule has 8 heteroatoms. The molecule has 0 aromatic carbocycles. The van der Waals surface area contributed by atoms with Crippen molar-refractivity contribution in [3.63, 3.8) is 0 Å². The molecule has 1 N–H and O–H groups in total. The molecule has 100 valence electrons. The second-order valence-electron chi connectivity index (χ2n) is 3.73. The van der Waals surface area contributed by atoms with Gasteiger partial charge in [0.25, 0.3) is 5.56 Å². The highest BCUT2D eigenvalue weighted by Gasteiger charge is 2.15. The normalized spacial score (nSPS) is 10.4. The Morgan fingerprint density at radius 2 is 2.26 bits per heavy atom. The molecule has 0 radical (unpaired) electrons. The Hall–Kier alpha value is -2.22. The molecular weight excluding hydrogens is 270 g/mol. The van der Waals surface area contributed by atoms with Crippen LogP contribution in [0.5, 0.6) is 0 Å². The van der Waals surface area contributed by atoms with Crippen molar-refractivity contribution in [3.8, 4) is 0 Å². The van der Waals surface area contributed by atoms with E-state index in [1.165, 1.54) is 22.8 Å². The van der Waals surface area contributed by atoms with E-state index in [1.807, 2.05) is 0 Å². The molecule has 0 bridgehead atoms. The Morgan fingerprint density at radius 3 is 2.95 bits per heavy atom. The van der Waals surface area contributed by atoms with Gasteiger partial charge in [-0.05, 0) is 6.92 Å². The van der Waals surface area contributed by atoms with Gasteiger partial charge in [0, 0.05) is 11.6 Å². The summed E-state index contributed by atoms with van der Waals surface area (Å²) in [6.45, 7) is 1.62. The number of aryl methyl sites for hydroxylation is 1. The van der Waals surface area contributed by atoms with Gasteiger partial charge in [0.1, 0.15) is 12.1 Å². The van der Waals surface area contributed by atoms with Gasteiger partial charge >= 0.3 is 5.97 Å². The fourth-order valence-electron chi connectivity index (χ4n) is 1.51. The highest BCUT2D eigenvalue weighted by Crippen LogP contribution is 2.12. The molecule has 0 aliphatic carbocycles. The minimum absolute atomic E-state index is 0.0739. The van der Waals surface area contributed by atoms with E-state index in [1.54, 1.807) is 18.5 Å². The Bertz CT molecular complexity index is 704. The number of nitrogens with one attached hydrogen (secondary N) is 1. The number of aromatic nitrogens is 2. The molecule has 0 aliphatic rings. The Morgan fingerprint density at radius 1 is 1.53 bits per heavy atom. The minimum Gasteiger partial charge on any atom is -0.469 e. The van der Waals surface area contributed by atoms with E-state index in [0.29, 0.717) is 10.7 Å². The number of thiazole rings is 1. The first kappa shape index (κ1) is 13.2. The summed E-state index contributed by atoms with van der Waals surface area (Å²) in [7, 11) is 1.19. The predicted molar refractivity (Wildman–Crippen MR) is 69.3 cm³/mol. The first-order valence-electron chi connectivity index (χ1n) is 5.36. The molecule has 7 nitrogen and oxygen atoms in total. The van der Waals surface area contributed by atoms with E-state index < -0.39 is 18.3 Å². The van der Waals surface area contributed by atoms with Crippen molar-refractivity contribution in [1.82, 2.24) is 9.38 Å². The first-order chi connectivity index (χ1) is 9.02. The number of nitrogens with zero attached hydrogens (tertiary/aromatic N) is 2. The van der Waals surface area contributed by atoms with E-state index >= 15 is 0 Å². The fraction of sp³-hybridized carbons (Fsp3) is 0.273. The SMILES string of the molecule is COC(=O)CC(=O)Nc1c(C)nc2sccn2c1=O. The molecule has 0 saturated heterocycles. The molecule has 0 aliphatic heterocycles. The van der Waals surface area contributed by atoms with Crippen molar-refractivity contribution in [2.24, 2.45) is 0 Å². The van der Waals surface area contributed by atoms with Crippen molar-refractivity contribution in [3.05, 3.63) is 27.6 Å². The van der Waals surface area contributed by atoms with Crippen LogP contribution in [0.1, 0.15) is 12.1 Å². The standard InChI is InChI=1S/C11H11N3O4S/c1-6-9(13-7(15)5-8(16)18-2)10(17)14-3-4-19-11(14)12-6/h3-4H,5H2,1-2H3,(H,13,15). The molecule has 0 atom stereocenters. The molecule has 0 unspecified atom stereocenters. The molecule has 1 amide bonds. The van der Waals surface area contributed by atoms with Crippen LogP contribution < -0.4 is 10.9 Å². The van der Waals surface area contributed by atoms with Crippen molar-refractivity contribution in [2.45, 2.75) is 13.3 Å². The van der Waals surface area contributed by atoms with Crippen molar-refractivity contribution >= 4 is 33.9 Å². The smallest absolute Gasteiger partial charge is 0.315 e. The average molecular weight is 281 g/mol. The predicted octanol–water partition coefficient (Wildman–Crippen LogP) is 0.566. The molecule has 0 spiro atoms. The second kappa shape index (κ2) is 5.19. The van der Waals surface area contributed by atoms with Gasteiger partial charge in [0.15, 0.2) is 4.96 Å². The van der Waals surface area contributed by atoms with Gasteiger partial charge in [-0.3, -0.25) is 18.8 Å². The lowest BCUT2D eigenvalue weighted by molar-refractivity contribution is -0.142. The van der Waals surface area contributed by atoms with Gasteiger partial charge in [-0.1, -0.05) is 0 Å². The van der Waals surface area contributed by atoms with E-state index in [-0.39, 0.29) is 11.2 Å². The number of carbonyl (C=O) groups excluding carboxylic acids is 2. The van der Waals surface area contributed by atoms with Gasteiger partial charge in [0.05, 0.1) is 12.8 Å². The zero-order valence-electron chi connectivity index (χ0n) is 10.3. The summed E-state index contributed by atoms with van der Waals surface area (Å²) in [6, 6.07) is 0. The summed E-state index contributed by atoms with van der Waals surface area (Å²) >= 11 is 1.32. The lowest BCUT2D eigenvalue weighted by Crippen LogP contribution is -2.25. The number of ether oxygens (including phenoxy) is 1. The highest BCUT2D eigenvalue weighted by atomic mass is 32.1. The molecule has 19 heavy (non-hydrogen) atoms. The number of esters is 1. The van der Waals surface area contributed by atoms with Crippen LogP contribution in [0.4, 0.5) is 5.69 Å². The van der Waals surface area contributed by atoms with Gasteiger partial charge < -0.3 is 10.1 Å². The van der Waals surface area contributed by atoms with Crippen molar-refractivity contribution in [1.29, 1.82) is 0 Å². The summed E-state index contributed by atoms with van der Waals surface area (Å²) in [5.41, 5.74) is 0.109. The van der Waals surface area contributed by atoms with Crippen LogP contribution in [0.3, 0.4) is 0 Å². The Balaban J connectivity index is 2.32. The number of rotatable bonds is 3. The molecule has 2 aromatic heterocycles. The Labute approximate surface area is 111 Å². The summed E-state index contributed by atoms with van der Waals surface area (Å²) in [4.78, 5) is 39.4. The summed E-state index contributed by atoms with van der Waals surface area (Å²) in [5, 5.41) is 4.12. The zero-order valence-corrected chi connectivity index (χ0v) is 11.1. The molecule has 2 rings (SSSR count). The highest BCUT2D eigenvalue weighted by molar-refractivity contribution is 7.15. The van der Waals surface area contributed by atoms with Crippen LogP contribution in [0, 0.1) is 6.92 Å². The molecule has 0 fully saturated rings. The lowest BCUT2D eigenvalue weighted by atomic mass is 10.3. The monoisotopic (exact) mass is 281 g/mol. The van der Waals surface area contributed by atoms with E-state index in [9.17, 15) is 14.4 Å². The first-order valence-corrected chi connectivity index (χ1v) is 6.24. The maximum Gasteiger partial charge on any atom is 0.315 e. The summed E-state index contributed by atoms with van der Waals surface area (Å²) in [5.74, 6) is -1.27. The van der Waals surface area contributed by atoms with Gasteiger partial charge in [-0.25, -0.2) is 4.98 Å². The zero-order chi connectivity index (χ0) is 14.0. The summed E-state index contributed by atoms with van der Waals surface area (Å²) in [6.07, 6.45) is 1.13. The third-order valence-electron chi connectivity index (χ3n) is 2.44. The molecule has 2 heterocycles. The Kier molecular flexibility index (Phi) is 3.61. The van der Waals surface area contributed by atoms with Gasteiger partial charge in [-0.2, -0.15) is 0 Å². The number of amides is 1. The van der Waals surface area contributed by atoms with E-state index in [2.05, 4.69) is 15.0 Å². The quantitative estimate of drug-likeness (QED) is 0.656. The fourth-order valence-corrected chi connectivity index (χ4v) is 2.26. The third-order valence-corrected chi connectivity index (χ3v) is 3.20. The maximum absolute atomic E-state index is 12.1. The van der Waals surface area contributed by atoms with Crippen LogP contribution in [0.25, 0.3) is 4.96 Å². The number of anilines is 1. The lowest BCUT2D eigenvalue weighted by Gasteiger charge is -2.06. The van der Waals surface area contributed by atoms with E-state index in [0.717, 1.165) is 0 Å². The van der Waals surface area contributed by atoms with Gasteiger partial charge in [-0.15, -0.1) is 11.3 Å². The largest absolute Gasteiger partial charge is 0.469 e. The van der Waals surface area contributed by atoms with Crippen LogP contribution in [-0.4, -0.2) is 28.4 Å². The topological polar surface area (TPSA) is 89.8 Å². The molecule has 2 aromatic rings. The number of fused-ring (bicyclic) bond motifs is 1. The van der Waals surface area contributed by atoms with Crippen LogP contribution in [-0.2, 0) is 14.3 Å². The minimum atomic E-state index is -0.667.